The van der Waals surface area contributed by atoms with Crippen molar-refractivity contribution in [2.75, 3.05) is 0 Å². The van der Waals surface area contributed by atoms with Crippen LogP contribution in [0.1, 0.15) is 43.4 Å². The Kier molecular flexibility index (Phi) is 4.12. The van der Waals surface area contributed by atoms with Gasteiger partial charge in [-0.1, -0.05) is 31.5 Å². The van der Waals surface area contributed by atoms with Gasteiger partial charge in [0.05, 0.1) is 5.52 Å². The number of pyridine rings is 1. The zero-order chi connectivity index (χ0) is 15.7. The number of aromatic nitrogens is 1. The van der Waals surface area contributed by atoms with Crippen molar-refractivity contribution in [2.24, 2.45) is 11.8 Å². The van der Waals surface area contributed by atoms with E-state index >= 15 is 0 Å². The molecule has 4 nitrogen and oxygen atoms in total. The molecule has 1 saturated carbocycles. The Balaban J connectivity index is 2.01. The summed E-state index contributed by atoms with van der Waals surface area (Å²) in [6.07, 6.45) is 2.91. The van der Waals surface area contributed by atoms with Crippen LogP contribution in [0, 0.1) is 18.8 Å². The number of nitrogens with zero attached hydrogens (tertiary/aromatic N) is 1. The summed E-state index contributed by atoms with van der Waals surface area (Å²) in [6.45, 7) is 4.20. The molecule has 1 aromatic heterocycles. The Morgan fingerprint density at radius 1 is 1.36 bits per heavy atom. The van der Waals surface area contributed by atoms with Gasteiger partial charge in [0.1, 0.15) is 0 Å². The maximum absolute atomic E-state index is 11.9. The van der Waals surface area contributed by atoms with E-state index in [4.69, 9.17) is 5.21 Å². The SMILES string of the molecule is Cc1cc(C(C)C2CCCC2C(=O)NO)c2ccccc2n1. The summed E-state index contributed by atoms with van der Waals surface area (Å²) >= 11 is 0. The monoisotopic (exact) mass is 298 g/mol. The van der Waals surface area contributed by atoms with Crippen LogP contribution in [-0.4, -0.2) is 16.1 Å². The van der Waals surface area contributed by atoms with E-state index in [1.165, 1.54) is 5.56 Å². The summed E-state index contributed by atoms with van der Waals surface area (Å²) in [5.41, 5.74) is 5.10. The van der Waals surface area contributed by atoms with E-state index in [0.29, 0.717) is 0 Å². The van der Waals surface area contributed by atoms with Crippen molar-refractivity contribution < 1.29 is 10.0 Å². The van der Waals surface area contributed by atoms with Crippen LogP contribution in [0.4, 0.5) is 0 Å². The fourth-order valence-electron chi connectivity index (χ4n) is 3.94. The molecule has 1 aliphatic carbocycles. The van der Waals surface area contributed by atoms with E-state index in [-0.39, 0.29) is 23.7 Å². The number of fused-ring (bicyclic) bond motifs is 1. The number of para-hydroxylation sites is 1. The molecule has 1 amide bonds. The Morgan fingerprint density at radius 2 is 2.14 bits per heavy atom. The molecule has 1 aromatic carbocycles. The van der Waals surface area contributed by atoms with Crippen LogP contribution >= 0.6 is 0 Å². The third-order valence-electron chi connectivity index (χ3n) is 5.03. The zero-order valence-electron chi connectivity index (χ0n) is 13.0. The number of rotatable bonds is 3. The molecule has 3 rings (SSSR count). The number of hydrogen-bond acceptors (Lipinski definition) is 3. The molecule has 1 fully saturated rings. The lowest BCUT2D eigenvalue weighted by Gasteiger charge is -2.26. The second-order valence-corrected chi connectivity index (χ2v) is 6.34. The molecule has 22 heavy (non-hydrogen) atoms. The van der Waals surface area contributed by atoms with E-state index in [1.54, 1.807) is 0 Å². The predicted molar refractivity (Wildman–Crippen MR) is 85.7 cm³/mol. The van der Waals surface area contributed by atoms with Crippen LogP contribution in [0.3, 0.4) is 0 Å². The van der Waals surface area contributed by atoms with Gasteiger partial charge in [-0.15, -0.1) is 0 Å². The van der Waals surface area contributed by atoms with Gasteiger partial charge in [-0.2, -0.15) is 0 Å². The molecule has 116 valence electrons. The summed E-state index contributed by atoms with van der Waals surface area (Å²) < 4.78 is 0. The second-order valence-electron chi connectivity index (χ2n) is 6.34. The highest BCUT2D eigenvalue weighted by Crippen LogP contribution is 2.43. The second kappa shape index (κ2) is 6.05. The molecular weight excluding hydrogens is 276 g/mol. The quantitative estimate of drug-likeness (QED) is 0.672. The van der Waals surface area contributed by atoms with Crippen molar-refractivity contribution in [1.29, 1.82) is 0 Å². The molecule has 1 aliphatic rings. The molecule has 3 atom stereocenters. The van der Waals surface area contributed by atoms with E-state index in [0.717, 1.165) is 35.9 Å². The molecule has 0 saturated heterocycles. The van der Waals surface area contributed by atoms with Gasteiger partial charge < -0.3 is 0 Å². The summed E-state index contributed by atoms with van der Waals surface area (Å²) in [4.78, 5) is 16.5. The first kappa shape index (κ1) is 15.0. The number of hydrogen-bond donors (Lipinski definition) is 2. The fraction of sp³-hybridized carbons (Fsp3) is 0.444. The Bertz CT molecular complexity index is 699. The Labute approximate surface area is 130 Å². The average molecular weight is 298 g/mol. The number of benzene rings is 1. The summed E-state index contributed by atoms with van der Waals surface area (Å²) in [5, 5.41) is 10.1. The van der Waals surface area contributed by atoms with E-state index < -0.39 is 0 Å². The molecule has 3 unspecified atom stereocenters. The van der Waals surface area contributed by atoms with Gasteiger partial charge in [-0.3, -0.25) is 15.0 Å². The average Bonchev–Trinajstić information content (AvgIpc) is 3.02. The summed E-state index contributed by atoms with van der Waals surface area (Å²) in [6, 6.07) is 10.3. The summed E-state index contributed by atoms with van der Waals surface area (Å²) in [5.74, 6) is 0.172. The fourth-order valence-corrected chi connectivity index (χ4v) is 3.94. The van der Waals surface area contributed by atoms with Crippen molar-refractivity contribution in [1.82, 2.24) is 10.5 Å². The highest BCUT2D eigenvalue weighted by Gasteiger charge is 2.37. The number of aryl methyl sites for hydroxylation is 1. The first-order chi connectivity index (χ1) is 10.6. The van der Waals surface area contributed by atoms with Gasteiger partial charge in [-0.25, -0.2) is 5.48 Å². The Morgan fingerprint density at radius 3 is 2.91 bits per heavy atom. The van der Waals surface area contributed by atoms with E-state index in [2.05, 4.69) is 24.0 Å². The van der Waals surface area contributed by atoms with Crippen molar-refractivity contribution in [3.05, 3.63) is 41.6 Å². The van der Waals surface area contributed by atoms with Gasteiger partial charge in [-0.05, 0) is 49.3 Å². The van der Waals surface area contributed by atoms with E-state index in [1.807, 2.05) is 30.6 Å². The lowest BCUT2D eigenvalue weighted by Crippen LogP contribution is -2.32. The molecule has 4 heteroatoms. The molecular formula is C18H22N2O2. The molecule has 0 aliphatic heterocycles. The van der Waals surface area contributed by atoms with Gasteiger partial charge in [0.15, 0.2) is 0 Å². The van der Waals surface area contributed by atoms with Gasteiger partial charge in [0, 0.05) is 17.0 Å². The molecule has 0 radical (unpaired) electrons. The van der Waals surface area contributed by atoms with Crippen LogP contribution in [0.2, 0.25) is 0 Å². The number of nitrogens with one attached hydrogen (secondary N) is 1. The van der Waals surface area contributed by atoms with Gasteiger partial charge in [0.2, 0.25) is 5.91 Å². The van der Waals surface area contributed by atoms with Crippen molar-refractivity contribution in [3.8, 4) is 0 Å². The third kappa shape index (κ3) is 2.59. The van der Waals surface area contributed by atoms with Crippen LogP contribution < -0.4 is 5.48 Å². The largest absolute Gasteiger partial charge is 0.289 e. The third-order valence-corrected chi connectivity index (χ3v) is 5.03. The van der Waals surface area contributed by atoms with Crippen LogP contribution in [0.25, 0.3) is 10.9 Å². The number of amides is 1. The predicted octanol–water partition coefficient (Wildman–Crippen LogP) is 3.57. The van der Waals surface area contributed by atoms with Crippen molar-refractivity contribution in [2.45, 2.75) is 39.0 Å². The molecule has 0 spiro atoms. The van der Waals surface area contributed by atoms with Gasteiger partial charge >= 0.3 is 0 Å². The molecule has 1 heterocycles. The number of carbonyl (C=O) groups is 1. The van der Waals surface area contributed by atoms with Crippen LogP contribution in [0.15, 0.2) is 30.3 Å². The van der Waals surface area contributed by atoms with Crippen LogP contribution in [-0.2, 0) is 4.79 Å². The highest BCUT2D eigenvalue weighted by molar-refractivity contribution is 5.83. The van der Waals surface area contributed by atoms with Crippen molar-refractivity contribution in [3.63, 3.8) is 0 Å². The highest BCUT2D eigenvalue weighted by atomic mass is 16.5. The molecule has 2 N–H and O–H groups in total. The van der Waals surface area contributed by atoms with Gasteiger partial charge in [0.25, 0.3) is 0 Å². The maximum Gasteiger partial charge on any atom is 0.246 e. The minimum atomic E-state index is -0.246. The topological polar surface area (TPSA) is 62.2 Å². The lowest BCUT2D eigenvalue weighted by atomic mass is 9.79. The Hall–Kier alpha value is -1.94. The number of carbonyl (C=O) groups excluding carboxylic acids is 1. The normalized spacial score (nSPS) is 22.7. The maximum atomic E-state index is 11.9. The standard InChI is InChI=1S/C18H22N2O2/c1-11-10-16(14-6-3-4-9-17(14)19-11)12(2)13-7-5-8-15(13)18(21)20-22/h3-4,6,9-10,12-13,15,22H,5,7-8H2,1-2H3,(H,20,21). The minimum absolute atomic E-state index is 0.104. The smallest absolute Gasteiger partial charge is 0.246 e. The lowest BCUT2D eigenvalue weighted by molar-refractivity contribution is -0.134. The first-order valence-corrected chi connectivity index (χ1v) is 7.92. The van der Waals surface area contributed by atoms with Crippen molar-refractivity contribution >= 4 is 16.8 Å². The zero-order valence-corrected chi connectivity index (χ0v) is 13.0. The minimum Gasteiger partial charge on any atom is -0.289 e. The van der Waals surface area contributed by atoms with Crippen LogP contribution in [0.5, 0.6) is 0 Å². The molecule has 2 aromatic rings. The summed E-state index contributed by atoms with van der Waals surface area (Å²) in [7, 11) is 0. The number of hydroxylamine groups is 1. The van der Waals surface area contributed by atoms with E-state index in [9.17, 15) is 4.79 Å². The first-order valence-electron chi connectivity index (χ1n) is 7.92. The molecule has 0 bridgehead atoms.